The minimum absolute atomic E-state index is 0.0936. The van der Waals surface area contributed by atoms with Crippen molar-refractivity contribution in [3.8, 4) is 0 Å². The van der Waals surface area contributed by atoms with Crippen LogP contribution in [0.2, 0.25) is 0 Å². The molecule has 1 fully saturated rings. The van der Waals surface area contributed by atoms with Crippen LogP contribution in [0.1, 0.15) is 46.0 Å². The van der Waals surface area contributed by atoms with Gasteiger partial charge >= 0.3 is 5.97 Å². The standard InChI is InChI=1S/C12H23NO2/c1-3-15-12(14)8-10(2)13-9-11-6-4-5-7-11/h10-11,13H,3-9H2,1-2H3. The third-order valence-corrected chi connectivity index (χ3v) is 3.01. The van der Waals surface area contributed by atoms with Gasteiger partial charge in [0.1, 0.15) is 0 Å². The quantitative estimate of drug-likeness (QED) is 0.687. The molecule has 3 nitrogen and oxygen atoms in total. The van der Waals surface area contributed by atoms with Crippen molar-refractivity contribution in [2.45, 2.75) is 52.0 Å². The predicted molar refractivity (Wildman–Crippen MR) is 60.7 cm³/mol. The molecule has 1 N–H and O–H groups in total. The highest BCUT2D eigenvalue weighted by Gasteiger charge is 2.16. The Hall–Kier alpha value is -0.570. The lowest BCUT2D eigenvalue weighted by Crippen LogP contribution is -2.32. The highest BCUT2D eigenvalue weighted by Crippen LogP contribution is 2.23. The summed E-state index contributed by atoms with van der Waals surface area (Å²) in [6, 6.07) is 0.240. The van der Waals surface area contributed by atoms with E-state index in [9.17, 15) is 4.79 Å². The van der Waals surface area contributed by atoms with E-state index in [0.717, 1.165) is 12.5 Å². The van der Waals surface area contributed by atoms with Crippen molar-refractivity contribution in [2.24, 2.45) is 5.92 Å². The minimum Gasteiger partial charge on any atom is -0.466 e. The van der Waals surface area contributed by atoms with Crippen LogP contribution < -0.4 is 5.32 Å². The van der Waals surface area contributed by atoms with Gasteiger partial charge in [-0.3, -0.25) is 4.79 Å². The lowest BCUT2D eigenvalue weighted by atomic mass is 10.1. The second-order valence-electron chi connectivity index (χ2n) is 4.47. The van der Waals surface area contributed by atoms with Crippen molar-refractivity contribution < 1.29 is 9.53 Å². The van der Waals surface area contributed by atoms with Crippen LogP contribution in [0, 0.1) is 5.92 Å². The molecule has 0 aliphatic heterocycles. The summed E-state index contributed by atoms with van der Waals surface area (Å²) in [7, 11) is 0. The summed E-state index contributed by atoms with van der Waals surface area (Å²) in [6.45, 7) is 5.43. The molecular weight excluding hydrogens is 190 g/mol. The maximum atomic E-state index is 11.2. The van der Waals surface area contributed by atoms with Crippen LogP contribution in [0.25, 0.3) is 0 Å². The molecule has 0 heterocycles. The van der Waals surface area contributed by atoms with Crippen LogP contribution in [-0.2, 0) is 9.53 Å². The van der Waals surface area contributed by atoms with E-state index in [4.69, 9.17) is 4.74 Å². The lowest BCUT2D eigenvalue weighted by molar-refractivity contribution is -0.143. The molecular formula is C12H23NO2. The Kier molecular flexibility index (Phi) is 5.69. The zero-order valence-electron chi connectivity index (χ0n) is 9.92. The zero-order valence-corrected chi connectivity index (χ0v) is 9.92. The first-order chi connectivity index (χ1) is 7.22. The van der Waals surface area contributed by atoms with Crippen LogP contribution in [0.15, 0.2) is 0 Å². The summed E-state index contributed by atoms with van der Waals surface area (Å²) in [5.41, 5.74) is 0. The third-order valence-electron chi connectivity index (χ3n) is 3.01. The molecule has 0 radical (unpaired) electrons. The average molecular weight is 213 g/mol. The lowest BCUT2D eigenvalue weighted by Gasteiger charge is -2.16. The summed E-state index contributed by atoms with van der Waals surface area (Å²) < 4.78 is 4.91. The average Bonchev–Trinajstić information content (AvgIpc) is 2.67. The molecule has 1 aliphatic carbocycles. The third kappa shape index (κ3) is 5.17. The van der Waals surface area contributed by atoms with E-state index >= 15 is 0 Å². The fourth-order valence-electron chi connectivity index (χ4n) is 2.12. The highest BCUT2D eigenvalue weighted by molar-refractivity contribution is 5.69. The molecule has 0 spiro atoms. The van der Waals surface area contributed by atoms with Crippen molar-refractivity contribution >= 4 is 5.97 Å². The number of rotatable bonds is 6. The molecule has 0 bridgehead atoms. The molecule has 1 saturated carbocycles. The maximum Gasteiger partial charge on any atom is 0.307 e. The van der Waals surface area contributed by atoms with Gasteiger partial charge in [-0.05, 0) is 39.2 Å². The van der Waals surface area contributed by atoms with Crippen LogP contribution in [-0.4, -0.2) is 25.2 Å². The Bertz CT molecular complexity index is 188. The van der Waals surface area contributed by atoms with Crippen LogP contribution in [0.5, 0.6) is 0 Å². The Labute approximate surface area is 92.6 Å². The molecule has 0 aromatic carbocycles. The summed E-state index contributed by atoms with van der Waals surface area (Å²) in [5, 5.41) is 3.41. The molecule has 1 unspecified atom stereocenters. The van der Waals surface area contributed by atoms with Crippen molar-refractivity contribution in [1.29, 1.82) is 0 Å². The predicted octanol–water partition coefficient (Wildman–Crippen LogP) is 2.11. The van der Waals surface area contributed by atoms with Gasteiger partial charge in [-0.25, -0.2) is 0 Å². The smallest absolute Gasteiger partial charge is 0.307 e. The monoisotopic (exact) mass is 213 g/mol. The molecule has 15 heavy (non-hydrogen) atoms. The number of hydrogen-bond acceptors (Lipinski definition) is 3. The minimum atomic E-state index is -0.0936. The fourth-order valence-corrected chi connectivity index (χ4v) is 2.12. The SMILES string of the molecule is CCOC(=O)CC(C)NCC1CCCC1. The molecule has 0 amide bonds. The molecule has 88 valence electrons. The van der Waals surface area contributed by atoms with Gasteiger partial charge in [-0.1, -0.05) is 12.8 Å². The van der Waals surface area contributed by atoms with Gasteiger partial charge in [0.2, 0.25) is 0 Å². The molecule has 0 aromatic rings. The van der Waals surface area contributed by atoms with E-state index < -0.39 is 0 Å². The second kappa shape index (κ2) is 6.83. The summed E-state index contributed by atoms with van der Waals surface area (Å²) in [4.78, 5) is 11.2. The summed E-state index contributed by atoms with van der Waals surface area (Å²) in [5.74, 6) is 0.735. The number of ether oxygens (including phenoxy) is 1. The Morgan fingerprint density at radius 2 is 2.13 bits per heavy atom. The first-order valence-electron chi connectivity index (χ1n) is 6.11. The first kappa shape index (κ1) is 12.5. The van der Waals surface area contributed by atoms with Gasteiger partial charge in [0.05, 0.1) is 13.0 Å². The number of carbonyl (C=O) groups excluding carboxylic acids is 1. The van der Waals surface area contributed by atoms with E-state index in [0.29, 0.717) is 13.0 Å². The van der Waals surface area contributed by atoms with Crippen molar-refractivity contribution in [1.82, 2.24) is 5.32 Å². The normalized spacial score (nSPS) is 19.1. The van der Waals surface area contributed by atoms with E-state index in [1.807, 2.05) is 13.8 Å². The van der Waals surface area contributed by atoms with E-state index in [2.05, 4.69) is 5.32 Å². The molecule has 3 heteroatoms. The Balaban J connectivity index is 2.06. The van der Waals surface area contributed by atoms with E-state index in [1.165, 1.54) is 25.7 Å². The molecule has 1 rings (SSSR count). The molecule has 0 aromatic heterocycles. The summed E-state index contributed by atoms with van der Waals surface area (Å²) >= 11 is 0. The van der Waals surface area contributed by atoms with Gasteiger partial charge in [0.25, 0.3) is 0 Å². The van der Waals surface area contributed by atoms with Gasteiger partial charge in [-0.2, -0.15) is 0 Å². The largest absolute Gasteiger partial charge is 0.466 e. The summed E-state index contributed by atoms with van der Waals surface area (Å²) in [6.07, 6.45) is 5.93. The van der Waals surface area contributed by atoms with Gasteiger partial charge < -0.3 is 10.1 Å². The van der Waals surface area contributed by atoms with Gasteiger partial charge in [-0.15, -0.1) is 0 Å². The molecule has 0 saturated heterocycles. The Morgan fingerprint density at radius 1 is 1.47 bits per heavy atom. The van der Waals surface area contributed by atoms with Gasteiger partial charge in [0, 0.05) is 6.04 Å². The fraction of sp³-hybridized carbons (Fsp3) is 0.917. The number of esters is 1. The van der Waals surface area contributed by atoms with Crippen LogP contribution >= 0.6 is 0 Å². The Morgan fingerprint density at radius 3 is 2.73 bits per heavy atom. The van der Waals surface area contributed by atoms with E-state index in [-0.39, 0.29) is 12.0 Å². The highest BCUT2D eigenvalue weighted by atomic mass is 16.5. The van der Waals surface area contributed by atoms with Crippen molar-refractivity contribution in [3.63, 3.8) is 0 Å². The first-order valence-corrected chi connectivity index (χ1v) is 6.11. The zero-order chi connectivity index (χ0) is 11.1. The second-order valence-corrected chi connectivity index (χ2v) is 4.47. The van der Waals surface area contributed by atoms with Crippen LogP contribution in [0.3, 0.4) is 0 Å². The number of nitrogens with one attached hydrogen (secondary N) is 1. The number of hydrogen-bond donors (Lipinski definition) is 1. The van der Waals surface area contributed by atoms with Crippen LogP contribution in [0.4, 0.5) is 0 Å². The van der Waals surface area contributed by atoms with E-state index in [1.54, 1.807) is 0 Å². The topological polar surface area (TPSA) is 38.3 Å². The maximum absolute atomic E-state index is 11.2. The number of carbonyl (C=O) groups is 1. The molecule has 1 atom stereocenters. The van der Waals surface area contributed by atoms with Crippen molar-refractivity contribution in [2.75, 3.05) is 13.2 Å². The molecule has 1 aliphatic rings. The van der Waals surface area contributed by atoms with Crippen molar-refractivity contribution in [3.05, 3.63) is 0 Å². The van der Waals surface area contributed by atoms with Gasteiger partial charge in [0.15, 0.2) is 0 Å².